The van der Waals surface area contributed by atoms with Gasteiger partial charge in [0.25, 0.3) is 0 Å². The molecule has 0 aliphatic rings. The number of phosphoric acid groups is 2. The number of hydrogen-bond acceptors (Lipinski definition) is 15. The molecular formula is C83H162O17P2. The lowest BCUT2D eigenvalue weighted by molar-refractivity contribution is -0.161. The summed E-state index contributed by atoms with van der Waals surface area (Å²) in [7, 11) is -9.92. The Balaban J connectivity index is 5.23. The van der Waals surface area contributed by atoms with Crippen LogP contribution in [0.2, 0.25) is 0 Å². The van der Waals surface area contributed by atoms with Gasteiger partial charge in [0.15, 0.2) is 12.2 Å². The number of rotatable bonds is 83. The van der Waals surface area contributed by atoms with Gasteiger partial charge in [-0.2, -0.15) is 0 Å². The molecule has 0 saturated heterocycles. The van der Waals surface area contributed by atoms with Crippen molar-refractivity contribution < 1.29 is 80.2 Å². The fraction of sp³-hybridized carbons (Fsp3) is 0.952. The van der Waals surface area contributed by atoms with E-state index in [4.69, 9.17) is 37.0 Å². The van der Waals surface area contributed by atoms with E-state index in [2.05, 4.69) is 34.6 Å². The second-order valence-electron chi connectivity index (χ2n) is 30.1. The number of esters is 4. The van der Waals surface area contributed by atoms with E-state index in [1.54, 1.807) is 0 Å². The minimum atomic E-state index is -4.96. The maximum atomic E-state index is 13.1. The fourth-order valence-electron chi connectivity index (χ4n) is 12.9. The van der Waals surface area contributed by atoms with Crippen LogP contribution in [0.3, 0.4) is 0 Å². The summed E-state index contributed by atoms with van der Waals surface area (Å²) in [5.41, 5.74) is 0. The summed E-state index contributed by atoms with van der Waals surface area (Å²) in [5.74, 6) is -1.25. The number of carbonyl (C=O) groups excluding carboxylic acids is 4. The van der Waals surface area contributed by atoms with Crippen molar-refractivity contribution in [3.63, 3.8) is 0 Å². The molecule has 0 aliphatic heterocycles. The van der Waals surface area contributed by atoms with E-state index in [1.807, 2.05) is 0 Å². The Morgan fingerprint density at radius 2 is 0.471 bits per heavy atom. The van der Waals surface area contributed by atoms with Crippen molar-refractivity contribution >= 4 is 39.5 Å². The van der Waals surface area contributed by atoms with E-state index < -0.39 is 97.5 Å². The highest BCUT2D eigenvalue weighted by Gasteiger charge is 2.30. The summed E-state index contributed by atoms with van der Waals surface area (Å²) < 4.78 is 68.8. The van der Waals surface area contributed by atoms with Crippen molar-refractivity contribution in [2.24, 2.45) is 5.92 Å². The molecular weight excluding hydrogens is 1330 g/mol. The van der Waals surface area contributed by atoms with Gasteiger partial charge in [-0.1, -0.05) is 394 Å². The smallest absolute Gasteiger partial charge is 0.462 e. The van der Waals surface area contributed by atoms with Gasteiger partial charge in [0.2, 0.25) is 0 Å². The van der Waals surface area contributed by atoms with Crippen molar-refractivity contribution in [2.75, 3.05) is 39.6 Å². The molecule has 6 atom stereocenters. The van der Waals surface area contributed by atoms with Crippen LogP contribution in [-0.2, 0) is 65.4 Å². The van der Waals surface area contributed by atoms with E-state index in [0.29, 0.717) is 25.7 Å². The van der Waals surface area contributed by atoms with Gasteiger partial charge in [-0.05, 0) is 31.6 Å². The van der Waals surface area contributed by atoms with E-state index >= 15 is 0 Å². The first-order valence-electron chi connectivity index (χ1n) is 43.2. The largest absolute Gasteiger partial charge is 0.472 e. The Morgan fingerprint density at radius 1 is 0.275 bits per heavy atom. The summed E-state index contributed by atoms with van der Waals surface area (Å²) in [6.07, 6.45) is 67.8. The van der Waals surface area contributed by atoms with Gasteiger partial charge in [0.1, 0.15) is 19.3 Å². The summed E-state index contributed by atoms with van der Waals surface area (Å²) >= 11 is 0. The van der Waals surface area contributed by atoms with Crippen molar-refractivity contribution in [3.05, 3.63) is 0 Å². The molecule has 17 nitrogen and oxygen atoms in total. The highest BCUT2D eigenvalue weighted by molar-refractivity contribution is 7.47. The number of unbranched alkanes of at least 4 members (excludes halogenated alkanes) is 54. The minimum Gasteiger partial charge on any atom is -0.462 e. The molecule has 0 fully saturated rings. The van der Waals surface area contributed by atoms with Crippen LogP contribution in [0.25, 0.3) is 0 Å². The molecule has 102 heavy (non-hydrogen) atoms. The molecule has 0 aromatic heterocycles. The molecule has 19 heteroatoms. The van der Waals surface area contributed by atoms with Crippen LogP contribution in [0.1, 0.15) is 446 Å². The van der Waals surface area contributed by atoms with Gasteiger partial charge in [-0.15, -0.1) is 0 Å². The SMILES string of the molecule is CCCCCCCCCCCCCCCCCCCCCCC(=O)O[C@H](COC(=O)CCCCCCCCCCCCCCCCC(C)CC)COP(=O)(O)OC[C@@H](O)COP(=O)(O)OC[C@@H](COC(=O)CCCCCCCCCCCCC)OC(=O)CCCCCCCCCCCCCCC. The number of hydrogen-bond donors (Lipinski definition) is 3. The minimum absolute atomic E-state index is 0.108. The van der Waals surface area contributed by atoms with Crippen LogP contribution in [0, 0.1) is 5.92 Å². The van der Waals surface area contributed by atoms with Gasteiger partial charge in [0, 0.05) is 25.7 Å². The molecule has 0 aromatic carbocycles. The zero-order chi connectivity index (χ0) is 74.8. The van der Waals surface area contributed by atoms with E-state index in [9.17, 15) is 43.2 Å². The van der Waals surface area contributed by atoms with Crippen LogP contribution in [0.4, 0.5) is 0 Å². The normalized spacial score (nSPS) is 14.1. The van der Waals surface area contributed by atoms with Crippen molar-refractivity contribution in [3.8, 4) is 0 Å². The third-order valence-electron chi connectivity index (χ3n) is 19.9. The van der Waals surface area contributed by atoms with Gasteiger partial charge in [0.05, 0.1) is 26.4 Å². The second-order valence-corrected chi connectivity index (χ2v) is 33.0. The number of carbonyl (C=O) groups is 4. The second kappa shape index (κ2) is 75.9. The first-order valence-corrected chi connectivity index (χ1v) is 46.2. The molecule has 0 radical (unpaired) electrons. The Hall–Kier alpha value is -1.94. The van der Waals surface area contributed by atoms with Gasteiger partial charge in [-0.3, -0.25) is 37.3 Å². The average Bonchev–Trinajstić information content (AvgIpc) is 1.17. The Morgan fingerprint density at radius 3 is 0.696 bits per heavy atom. The highest BCUT2D eigenvalue weighted by Crippen LogP contribution is 2.45. The first-order chi connectivity index (χ1) is 49.6. The summed E-state index contributed by atoms with van der Waals surface area (Å²) in [6, 6.07) is 0. The maximum absolute atomic E-state index is 13.1. The third kappa shape index (κ3) is 74.9. The number of phosphoric ester groups is 2. The molecule has 0 rings (SSSR count). The van der Waals surface area contributed by atoms with Crippen LogP contribution >= 0.6 is 15.6 Å². The van der Waals surface area contributed by atoms with E-state index in [1.165, 1.54) is 270 Å². The van der Waals surface area contributed by atoms with Crippen LogP contribution in [-0.4, -0.2) is 96.7 Å². The summed E-state index contributed by atoms with van der Waals surface area (Å²) in [5, 5.41) is 10.7. The monoisotopic (exact) mass is 1490 g/mol. The molecule has 0 bridgehead atoms. The lowest BCUT2D eigenvalue weighted by Crippen LogP contribution is -2.30. The standard InChI is InChI=1S/C83H162O17P2/c1-6-10-13-16-19-22-25-27-28-29-30-31-32-33-39-44-49-54-59-64-69-83(88)100-79(73-94-81(86)67-62-57-52-47-42-38-35-34-37-41-45-50-55-60-65-76(5)9-4)75-98-102(91,92)96-71-77(84)70-95-101(89,90)97-74-78(72-93-80(85)66-61-56-51-46-40-24-21-18-15-12-8-3)99-82(87)68-63-58-53-48-43-36-26-23-20-17-14-11-7-2/h76-79,84H,6-75H2,1-5H3,(H,89,90)(H,91,92)/t76?,77-,78+,79+/m0/s1. The van der Waals surface area contributed by atoms with Crippen molar-refractivity contribution in [1.29, 1.82) is 0 Å². The molecule has 0 amide bonds. The van der Waals surface area contributed by atoms with Gasteiger partial charge in [-0.25, -0.2) is 9.13 Å². The van der Waals surface area contributed by atoms with Crippen LogP contribution < -0.4 is 0 Å². The number of ether oxygens (including phenoxy) is 4. The lowest BCUT2D eigenvalue weighted by Gasteiger charge is -2.21. The topological polar surface area (TPSA) is 237 Å². The maximum Gasteiger partial charge on any atom is 0.472 e. The van der Waals surface area contributed by atoms with E-state index in [0.717, 1.165) is 95.8 Å². The molecule has 0 spiro atoms. The van der Waals surface area contributed by atoms with Crippen molar-refractivity contribution in [2.45, 2.75) is 464 Å². The molecule has 0 aromatic rings. The zero-order valence-electron chi connectivity index (χ0n) is 66.8. The Kier molecular flexibility index (Phi) is 74.4. The number of aliphatic hydroxyl groups is 1. The fourth-order valence-corrected chi connectivity index (χ4v) is 14.5. The van der Waals surface area contributed by atoms with Gasteiger partial charge < -0.3 is 33.8 Å². The molecule has 3 unspecified atom stereocenters. The number of aliphatic hydroxyl groups excluding tert-OH is 1. The third-order valence-corrected chi connectivity index (χ3v) is 21.8. The van der Waals surface area contributed by atoms with Crippen LogP contribution in [0.15, 0.2) is 0 Å². The average molecular weight is 1490 g/mol. The zero-order valence-corrected chi connectivity index (χ0v) is 68.5. The molecule has 606 valence electrons. The van der Waals surface area contributed by atoms with Crippen LogP contribution in [0.5, 0.6) is 0 Å². The Bertz CT molecular complexity index is 1950. The molecule has 0 saturated carbocycles. The Labute approximate surface area is 626 Å². The molecule has 3 N–H and O–H groups in total. The lowest BCUT2D eigenvalue weighted by atomic mass is 9.99. The van der Waals surface area contributed by atoms with Crippen molar-refractivity contribution in [1.82, 2.24) is 0 Å². The predicted octanol–water partition coefficient (Wildman–Crippen LogP) is 25.2. The quantitative estimate of drug-likeness (QED) is 0.0222. The highest BCUT2D eigenvalue weighted by atomic mass is 31.2. The molecule has 0 heterocycles. The molecule has 0 aliphatic carbocycles. The summed E-state index contributed by atoms with van der Waals surface area (Å²) in [6.45, 7) is 7.40. The first kappa shape index (κ1) is 100. The predicted molar refractivity (Wildman–Crippen MR) is 418 cm³/mol. The summed E-state index contributed by atoms with van der Waals surface area (Å²) in [4.78, 5) is 73.1. The van der Waals surface area contributed by atoms with Gasteiger partial charge >= 0.3 is 39.5 Å². The van der Waals surface area contributed by atoms with E-state index in [-0.39, 0.29) is 25.7 Å².